The molecule has 6 heteroatoms. The minimum absolute atomic E-state index is 0.0264. The average molecular weight is 287 g/mol. The van der Waals surface area contributed by atoms with Crippen molar-refractivity contribution in [2.45, 2.75) is 12.5 Å². The fraction of sp³-hybridized carbons (Fsp3) is 0.250. The van der Waals surface area contributed by atoms with Crippen molar-refractivity contribution in [2.75, 3.05) is 0 Å². The van der Waals surface area contributed by atoms with Crippen LogP contribution in [-0.2, 0) is 0 Å². The van der Waals surface area contributed by atoms with E-state index < -0.39 is 12.5 Å². The Morgan fingerprint density at radius 1 is 1.43 bits per heavy atom. The van der Waals surface area contributed by atoms with Gasteiger partial charge in [-0.2, -0.15) is 0 Å². The summed E-state index contributed by atoms with van der Waals surface area (Å²) in [6, 6.07) is 1.27. The van der Waals surface area contributed by atoms with Gasteiger partial charge in [-0.05, 0) is 28.1 Å². The number of benzene rings is 1. The van der Waals surface area contributed by atoms with Crippen LogP contribution in [0.5, 0.6) is 5.75 Å². The Bertz CT molecular complexity index is 348. The third-order valence-electron chi connectivity index (χ3n) is 1.72. The molecule has 0 heterocycles. The first-order chi connectivity index (χ1) is 6.45. The highest BCUT2D eigenvalue weighted by atomic mass is 79.9. The number of phenolic OH excluding ortho intramolecular Hbond substituents is 1. The molecule has 1 atom stereocenters. The molecule has 0 saturated heterocycles. The number of aromatic hydroxyl groups is 1. The van der Waals surface area contributed by atoms with Gasteiger partial charge >= 0.3 is 0 Å². The van der Waals surface area contributed by atoms with Gasteiger partial charge in [0.2, 0.25) is 0 Å². The van der Waals surface area contributed by atoms with Gasteiger partial charge in [-0.1, -0.05) is 11.6 Å². The summed E-state index contributed by atoms with van der Waals surface area (Å²) in [7, 11) is 0. The molecule has 14 heavy (non-hydrogen) atoms. The minimum atomic E-state index is -2.77. The lowest BCUT2D eigenvalue weighted by Gasteiger charge is -2.15. The maximum Gasteiger partial charge on any atom is 0.257 e. The fourth-order valence-electron chi connectivity index (χ4n) is 1.000. The van der Waals surface area contributed by atoms with Gasteiger partial charge in [-0.25, -0.2) is 8.78 Å². The van der Waals surface area contributed by atoms with Gasteiger partial charge in [0.25, 0.3) is 6.43 Å². The maximum atomic E-state index is 12.3. The summed E-state index contributed by atoms with van der Waals surface area (Å²) in [5.41, 5.74) is 5.05. The molecule has 1 rings (SSSR count). The third-order valence-corrected chi connectivity index (χ3v) is 2.69. The molecule has 0 spiro atoms. The third kappa shape index (κ3) is 2.16. The van der Waals surface area contributed by atoms with E-state index in [0.717, 1.165) is 0 Å². The lowest BCUT2D eigenvalue weighted by atomic mass is 10.1. The second kappa shape index (κ2) is 4.42. The van der Waals surface area contributed by atoms with E-state index in [-0.39, 0.29) is 20.8 Å². The molecule has 0 amide bonds. The Balaban J connectivity index is 3.25. The highest BCUT2D eigenvalue weighted by molar-refractivity contribution is 9.10. The number of hydrogen-bond donors (Lipinski definition) is 2. The predicted molar refractivity (Wildman–Crippen MR) is 53.7 cm³/mol. The Morgan fingerprint density at radius 2 is 2.00 bits per heavy atom. The first-order valence-electron chi connectivity index (χ1n) is 3.65. The predicted octanol–water partition coefficient (Wildman–Crippen LogP) is 3.07. The van der Waals surface area contributed by atoms with Gasteiger partial charge in [-0.3, -0.25) is 0 Å². The summed E-state index contributed by atoms with van der Waals surface area (Å²) in [6.45, 7) is 0. The smallest absolute Gasteiger partial charge is 0.257 e. The largest absolute Gasteiger partial charge is 0.506 e. The molecule has 1 aromatic rings. The van der Waals surface area contributed by atoms with E-state index in [0.29, 0.717) is 0 Å². The van der Waals surface area contributed by atoms with Gasteiger partial charge in [-0.15, -0.1) is 0 Å². The fourth-order valence-corrected chi connectivity index (χ4v) is 1.62. The normalized spacial score (nSPS) is 13.3. The van der Waals surface area contributed by atoms with Crippen molar-refractivity contribution in [1.82, 2.24) is 0 Å². The van der Waals surface area contributed by atoms with Gasteiger partial charge in [0.05, 0.1) is 10.5 Å². The quantitative estimate of drug-likeness (QED) is 0.877. The lowest BCUT2D eigenvalue weighted by Crippen LogP contribution is -2.19. The van der Waals surface area contributed by atoms with Crippen molar-refractivity contribution < 1.29 is 13.9 Å². The van der Waals surface area contributed by atoms with Gasteiger partial charge in [0.1, 0.15) is 5.75 Å². The number of phenols is 1. The van der Waals surface area contributed by atoms with Crippen molar-refractivity contribution >= 4 is 27.5 Å². The molecule has 0 aliphatic heterocycles. The second-order valence-electron chi connectivity index (χ2n) is 2.65. The van der Waals surface area contributed by atoms with Gasteiger partial charge in [0, 0.05) is 10.6 Å². The summed E-state index contributed by atoms with van der Waals surface area (Å²) < 4.78 is 24.9. The number of halogens is 4. The van der Waals surface area contributed by atoms with E-state index in [4.69, 9.17) is 17.3 Å². The lowest BCUT2D eigenvalue weighted by molar-refractivity contribution is 0.115. The molecule has 0 unspecified atom stereocenters. The van der Waals surface area contributed by atoms with Crippen LogP contribution in [-0.4, -0.2) is 11.5 Å². The zero-order chi connectivity index (χ0) is 10.9. The van der Waals surface area contributed by atoms with E-state index in [2.05, 4.69) is 15.9 Å². The van der Waals surface area contributed by atoms with Gasteiger partial charge < -0.3 is 10.8 Å². The molecule has 1 aromatic carbocycles. The van der Waals surface area contributed by atoms with Crippen LogP contribution in [0.4, 0.5) is 8.78 Å². The highest BCUT2D eigenvalue weighted by Gasteiger charge is 2.24. The maximum absolute atomic E-state index is 12.3. The minimum Gasteiger partial charge on any atom is -0.506 e. The van der Waals surface area contributed by atoms with E-state index in [1.54, 1.807) is 0 Å². The summed E-state index contributed by atoms with van der Waals surface area (Å²) in [5, 5.41) is 9.48. The van der Waals surface area contributed by atoms with Crippen LogP contribution in [0.15, 0.2) is 16.6 Å². The number of hydrogen-bond acceptors (Lipinski definition) is 2. The zero-order valence-electron chi connectivity index (χ0n) is 6.85. The molecular formula is C8H7BrClF2NO. The first kappa shape index (κ1) is 11.7. The van der Waals surface area contributed by atoms with Crippen LogP contribution in [0.1, 0.15) is 11.6 Å². The van der Waals surface area contributed by atoms with E-state index in [1.165, 1.54) is 12.1 Å². The Hall–Kier alpha value is -0.390. The molecule has 0 radical (unpaired) electrons. The number of nitrogens with two attached hydrogens (primary N) is 1. The Morgan fingerprint density at radius 3 is 2.50 bits per heavy atom. The van der Waals surface area contributed by atoms with Crippen LogP contribution in [0.2, 0.25) is 5.02 Å². The van der Waals surface area contributed by atoms with Crippen LogP contribution in [0.25, 0.3) is 0 Å². The molecule has 3 N–H and O–H groups in total. The summed E-state index contributed by atoms with van der Waals surface area (Å²) in [6.07, 6.45) is -2.77. The van der Waals surface area contributed by atoms with Crippen LogP contribution in [0, 0.1) is 0 Å². The molecule has 0 aromatic heterocycles. The molecular weight excluding hydrogens is 279 g/mol. The van der Waals surface area contributed by atoms with Crippen LogP contribution >= 0.6 is 27.5 Å². The number of rotatable bonds is 2. The van der Waals surface area contributed by atoms with Crippen molar-refractivity contribution in [1.29, 1.82) is 0 Å². The zero-order valence-corrected chi connectivity index (χ0v) is 9.19. The van der Waals surface area contributed by atoms with Crippen molar-refractivity contribution in [3.8, 4) is 5.75 Å². The highest BCUT2D eigenvalue weighted by Crippen LogP contribution is 2.38. The topological polar surface area (TPSA) is 46.2 Å². The van der Waals surface area contributed by atoms with Gasteiger partial charge in [0.15, 0.2) is 0 Å². The molecule has 0 saturated carbocycles. The second-order valence-corrected chi connectivity index (χ2v) is 3.91. The molecule has 78 valence electrons. The molecule has 0 aliphatic rings. The standard InChI is InChI=1S/C8H7BrClF2NO/c9-3-1-2-4(10)5(7(3)14)6(13)8(11)12/h1-2,6,8,14H,13H2/t6-/m1/s1. The summed E-state index contributed by atoms with van der Waals surface area (Å²) in [4.78, 5) is 0. The summed E-state index contributed by atoms with van der Waals surface area (Å²) >= 11 is 8.63. The first-order valence-corrected chi connectivity index (χ1v) is 4.82. The van der Waals surface area contributed by atoms with E-state index in [1.807, 2.05) is 0 Å². The van der Waals surface area contributed by atoms with Crippen LogP contribution < -0.4 is 5.73 Å². The van der Waals surface area contributed by atoms with Crippen molar-refractivity contribution in [3.63, 3.8) is 0 Å². The molecule has 2 nitrogen and oxygen atoms in total. The molecule has 0 fully saturated rings. The van der Waals surface area contributed by atoms with Crippen molar-refractivity contribution in [3.05, 3.63) is 27.2 Å². The Labute approximate surface area is 92.8 Å². The summed E-state index contributed by atoms with van der Waals surface area (Å²) in [5.74, 6) is -0.342. The monoisotopic (exact) mass is 285 g/mol. The number of alkyl halides is 2. The van der Waals surface area contributed by atoms with Crippen molar-refractivity contribution in [2.24, 2.45) is 5.73 Å². The van der Waals surface area contributed by atoms with Crippen LogP contribution in [0.3, 0.4) is 0 Å². The molecule has 0 aliphatic carbocycles. The SMILES string of the molecule is N[C@H](c1c(Cl)ccc(Br)c1O)C(F)F. The Kier molecular flexibility index (Phi) is 3.69. The van der Waals surface area contributed by atoms with E-state index >= 15 is 0 Å². The average Bonchev–Trinajstić information content (AvgIpc) is 2.12. The van der Waals surface area contributed by atoms with E-state index in [9.17, 15) is 13.9 Å². The molecule has 0 bridgehead atoms.